The maximum absolute atomic E-state index is 11.7. The number of hydrogen-bond donors (Lipinski definition) is 2. The number of amides is 1. The molecule has 0 atom stereocenters. The fourth-order valence-corrected chi connectivity index (χ4v) is 1.90. The third-order valence-electron chi connectivity index (χ3n) is 3.14. The first-order valence-electron chi connectivity index (χ1n) is 6.78. The van der Waals surface area contributed by atoms with E-state index in [-0.39, 0.29) is 11.7 Å². The van der Waals surface area contributed by atoms with E-state index in [1.54, 1.807) is 12.1 Å². The van der Waals surface area contributed by atoms with Crippen LogP contribution in [-0.2, 0) is 6.61 Å². The Hall–Kier alpha value is -1.88. The van der Waals surface area contributed by atoms with Gasteiger partial charge in [-0.15, -0.1) is 0 Å². The van der Waals surface area contributed by atoms with Crippen LogP contribution in [0.3, 0.4) is 0 Å². The number of aryl methyl sites for hydroxylation is 2. The van der Waals surface area contributed by atoms with Crippen LogP contribution in [0.15, 0.2) is 34.7 Å². The number of carbonyl (C=O) groups is 1. The van der Waals surface area contributed by atoms with Crippen molar-refractivity contribution in [2.24, 2.45) is 0 Å². The smallest absolute Gasteiger partial charge is 0.287 e. The van der Waals surface area contributed by atoms with Crippen molar-refractivity contribution in [3.8, 4) is 5.75 Å². The fraction of sp³-hybridized carbons (Fsp3) is 0.312. The van der Waals surface area contributed by atoms with Gasteiger partial charge in [-0.1, -0.05) is 6.07 Å². The minimum absolute atomic E-state index is 0.235. The van der Waals surface area contributed by atoms with E-state index in [0.717, 1.165) is 5.75 Å². The molecule has 2 rings (SSSR count). The zero-order valence-corrected chi connectivity index (χ0v) is 13.1. The van der Waals surface area contributed by atoms with Crippen molar-refractivity contribution in [3.63, 3.8) is 0 Å². The molecule has 1 amide bonds. The lowest BCUT2D eigenvalue weighted by molar-refractivity contribution is 0.0924. The van der Waals surface area contributed by atoms with Crippen molar-refractivity contribution in [2.75, 3.05) is 12.3 Å². The molecule has 2 aromatic rings. The molecule has 1 aromatic heterocycles. The molecule has 0 saturated heterocycles. The summed E-state index contributed by atoms with van der Waals surface area (Å²) in [5.74, 6) is 2.05. The Bertz CT molecular complexity index is 622. The summed E-state index contributed by atoms with van der Waals surface area (Å²) in [5.41, 5.74) is 2.40. The van der Waals surface area contributed by atoms with E-state index < -0.39 is 0 Å². The Morgan fingerprint density at radius 2 is 2.05 bits per heavy atom. The number of rotatable bonds is 6. The predicted molar refractivity (Wildman–Crippen MR) is 85.1 cm³/mol. The Labute approximate surface area is 129 Å². The van der Waals surface area contributed by atoms with Crippen LogP contribution >= 0.6 is 12.6 Å². The topological polar surface area (TPSA) is 51.5 Å². The van der Waals surface area contributed by atoms with Crippen LogP contribution in [-0.4, -0.2) is 18.2 Å². The van der Waals surface area contributed by atoms with Gasteiger partial charge in [0.1, 0.15) is 18.1 Å². The van der Waals surface area contributed by atoms with Crippen LogP contribution in [0.2, 0.25) is 0 Å². The second kappa shape index (κ2) is 7.22. The summed E-state index contributed by atoms with van der Waals surface area (Å²) in [6.45, 7) is 4.90. The molecular formula is C16H19NO3S. The maximum Gasteiger partial charge on any atom is 0.287 e. The van der Waals surface area contributed by atoms with Gasteiger partial charge in [0.2, 0.25) is 0 Å². The standard InChI is InChI=1S/C16H19NO3S/c1-11-3-4-13(9-12(11)2)19-10-14-5-6-15(20-14)16(18)17-7-8-21/h3-6,9,21H,7-8,10H2,1-2H3,(H,17,18). The van der Waals surface area contributed by atoms with Crippen molar-refractivity contribution in [3.05, 3.63) is 53.0 Å². The zero-order valence-electron chi connectivity index (χ0n) is 12.2. The van der Waals surface area contributed by atoms with Crippen molar-refractivity contribution in [1.82, 2.24) is 5.32 Å². The quantitative estimate of drug-likeness (QED) is 0.806. The molecule has 0 spiro atoms. The lowest BCUT2D eigenvalue weighted by atomic mass is 10.1. The summed E-state index contributed by atoms with van der Waals surface area (Å²) in [6, 6.07) is 9.32. The Balaban J connectivity index is 1.93. The number of benzene rings is 1. The number of nitrogens with one attached hydrogen (secondary N) is 1. The highest BCUT2D eigenvalue weighted by atomic mass is 32.1. The minimum Gasteiger partial charge on any atom is -0.486 e. The lowest BCUT2D eigenvalue weighted by Gasteiger charge is -2.06. The molecule has 0 saturated carbocycles. The van der Waals surface area contributed by atoms with E-state index in [0.29, 0.717) is 24.7 Å². The van der Waals surface area contributed by atoms with E-state index >= 15 is 0 Å². The van der Waals surface area contributed by atoms with E-state index in [9.17, 15) is 4.79 Å². The van der Waals surface area contributed by atoms with Crippen LogP contribution in [0.4, 0.5) is 0 Å². The van der Waals surface area contributed by atoms with E-state index in [1.807, 2.05) is 25.1 Å². The van der Waals surface area contributed by atoms with Crippen LogP contribution in [0.1, 0.15) is 27.4 Å². The van der Waals surface area contributed by atoms with Gasteiger partial charge < -0.3 is 14.5 Å². The number of furan rings is 1. The molecule has 0 bridgehead atoms. The molecule has 5 heteroatoms. The highest BCUT2D eigenvalue weighted by Gasteiger charge is 2.10. The molecule has 112 valence electrons. The summed E-state index contributed by atoms with van der Waals surface area (Å²) in [6.07, 6.45) is 0. The predicted octanol–water partition coefficient (Wildman–Crippen LogP) is 3.14. The average molecular weight is 305 g/mol. The Morgan fingerprint density at radius 1 is 1.24 bits per heavy atom. The second-order valence-corrected chi connectivity index (χ2v) is 5.23. The molecule has 0 fully saturated rings. The van der Waals surface area contributed by atoms with Crippen molar-refractivity contribution >= 4 is 18.5 Å². The van der Waals surface area contributed by atoms with Gasteiger partial charge in [0.25, 0.3) is 5.91 Å². The highest BCUT2D eigenvalue weighted by molar-refractivity contribution is 7.80. The first-order chi connectivity index (χ1) is 10.1. The first-order valence-corrected chi connectivity index (χ1v) is 7.41. The van der Waals surface area contributed by atoms with Gasteiger partial charge in [0.15, 0.2) is 5.76 Å². The van der Waals surface area contributed by atoms with Crippen molar-refractivity contribution < 1.29 is 13.9 Å². The van der Waals surface area contributed by atoms with Gasteiger partial charge in [0.05, 0.1) is 0 Å². The molecule has 0 aliphatic rings. The number of hydrogen-bond acceptors (Lipinski definition) is 4. The van der Waals surface area contributed by atoms with Gasteiger partial charge in [-0.3, -0.25) is 4.79 Å². The summed E-state index contributed by atoms with van der Waals surface area (Å²) in [4.78, 5) is 11.7. The minimum atomic E-state index is -0.235. The SMILES string of the molecule is Cc1ccc(OCc2ccc(C(=O)NCCS)o2)cc1C. The molecule has 1 heterocycles. The van der Waals surface area contributed by atoms with Crippen LogP contribution in [0.5, 0.6) is 5.75 Å². The molecule has 1 aromatic carbocycles. The normalized spacial score (nSPS) is 10.4. The molecule has 0 unspecified atom stereocenters. The third kappa shape index (κ3) is 4.29. The van der Waals surface area contributed by atoms with E-state index in [4.69, 9.17) is 9.15 Å². The number of thiol groups is 1. The lowest BCUT2D eigenvalue weighted by Crippen LogP contribution is -2.24. The van der Waals surface area contributed by atoms with Gasteiger partial charge in [-0.2, -0.15) is 12.6 Å². The molecule has 21 heavy (non-hydrogen) atoms. The van der Waals surface area contributed by atoms with E-state index in [1.165, 1.54) is 11.1 Å². The molecule has 4 nitrogen and oxygen atoms in total. The fourth-order valence-electron chi connectivity index (χ4n) is 1.79. The van der Waals surface area contributed by atoms with Crippen LogP contribution < -0.4 is 10.1 Å². The van der Waals surface area contributed by atoms with Crippen LogP contribution in [0, 0.1) is 13.8 Å². The average Bonchev–Trinajstić information content (AvgIpc) is 2.95. The van der Waals surface area contributed by atoms with E-state index in [2.05, 4.69) is 24.9 Å². The molecule has 0 radical (unpaired) electrons. The summed E-state index contributed by atoms with van der Waals surface area (Å²) < 4.78 is 11.1. The highest BCUT2D eigenvalue weighted by Crippen LogP contribution is 2.18. The monoisotopic (exact) mass is 305 g/mol. The first kappa shape index (κ1) is 15.5. The summed E-state index contributed by atoms with van der Waals surface area (Å²) >= 11 is 4.04. The number of ether oxygens (including phenoxy) is 1. The maximum atomic E-state index is 11.7. The third-order valence-corrected chi connectivity index (χ3v) is 3.37. The largest absolute Gasteiger partial charge is 0.486 e. The molecule has 0 aliphatic heterocycles. The second-order valence-electron chi connectivity index (χ2n) is 4.78. The van der Waals surface area contributed by atoms with Crippen molar-refractivity contribution in [1.29, 1.82) is 0 Å². The van der Waals surface area contributed by atoms with Crippen molar-refractivity contribution in [2.45, 2.75) is 20.5 Å². The Kier molecular flexibility index (Phi) is 5.33. The zero-order chi connectivity index (χ0) is 15.2. The van der Waals surface area contributed by atoms with Gasteiger partial charge in [-0.25, -0.2) is 0 Å². The molecule has 1 N–H and O–H groups in total. The number of carbonyl (C=O) groups excluding carboxylic acids is 1. The summed E-state index contributed by atoms with van der Waals surface area (Å²) in [5, 5.41) is 2.70. The van der Waals surface area contributed by atoms with Gasteiger partial charge in [0, 0.05) is 12.3 Å². The van der Waals surface area contributed by atoms with Gasteiger partial charge >= 0.3 is 0 Å². The van der Waals surface area contributed by atoms with Gasteiger partial charge in [-0.05, 0) is 49.2 Å². The van der Waals surface area contributed by atoms with Crippen LogP contribution in [0.25, 0.3) is 0 Å². The molecule has 0 aliphatic carbocycles. The Morgan fingerprint density at radius 3 is 2.76 bits per heavy atom. The summed E-state index contributed by atoms with van der Waals surface area (Å²) in [7, 11) is 0. The molecular weight excluding hydrogens is 286 g/mol.